The number of nitrogens with one attached hydrogen (secondary N) is 1. The van der Waals surface area contributed by atoms with Crippen molar-refractivity contribution in [1.29, 1.82) is 0 Å². The van der Waals surface area contributed by atoms with Crippen molar-refractivity contribution in [1.82, 2.24) is 5.32 Å². The van der Waals surface area contributed by atoms with E-state index in [-0.39, 0.29) is 18.2 Å². The van der Waals surface area contributed by atoms with E-state index in [2.05, 4.69) is 5.32 Å². The predicted octanol–water partition coefficient (Wildman–Crippen LogP) is 1.23. The van der Waals surface area contributed by atoms with Crippen molar-refractivity contribution in [2.24, 2.45) is 0 Å². The lowest BCUT2D eigenvalue weighted by Crippen LogP contribution is -2.29. The molecule has 1 amide bonds. The van der Waals surface area contributed by atoms with Crippen LogP contribution in [0.1, 0.15) is 17.3 Å². The molecule has 1 aliphatic rings. The number of para-hydroxylation sites is 1. The molecule has 1 aromatic carbocycles. The number of epoxide rings is 1. The molecular weight excluding hydrogens is 204 g/mol. The second-order valence-corrected chi connectivity index (χ2v) is 4.15. The Morgan fingerprint density at radius 3 is 2.56 bits per heavy atom. The van der Waals surface area contributed by atoms with Gasteiger partial charge >= 0.3 is 0 Å². The summed E-state index contributed by atoms with van der Waals surface area (Å²) in [7, 11) is 3.84. The van der Waals surface area contributed by atoms with Gasteiger partial charge in [-0.15, -0.1) is 0 Å². The van der Waals surface area contributed by atoms with Gasteiger partial charge in [-0.1, -0.05) is 12.1 Å². The number of rotatable bonds is 3. The van der Waals surface area contributed by atoms with Crippen LogP contribution >= 0.6 is 0 Å². The van der Waals surface area contributed by atoms with Gasteiger partial charge in [0.1, 0.15) is 6.10 Å². The number of hydrogen-bond acceptors (Lipinski definition) is 3. The van der Waals surface area contributed by atoms with Crippen molar-refractivity contribution in [3.8, 4) is 0 Å². The molecule has 1 fully saturated rings. The maximum absolute atomic E-state index is 11.9. The molecule has 4 nitrogen and oxygen atoms in total. The fraction of sp³-hybridized carbons (Fsp3) is 0.417. The molecule has 1 aliphatic heterocycles. The third kappa shape index (κ3) is 2.17. The maximum Gasteiger partial charge on any atom is 0.255 e. The summed E-state index contributed by atoms with van der Waals surface area (Å²) < 4.78 is 5.16. The summed E-state index contributed by atoms with van der Waals surface area (Å²) in [4.78, 5) is 13.9. The molecule has 4 heteroatoms. The maximum atomic E-state index is 11.9. The molecule has 0 aromatic heterocycles. The molecule has 1 aromatic rings. The molecule has 0 saturated carbocycles. The highest BCUT2D eigenvalue weighted by atomic mass is 16.6. The van der Waals surface area contributed by atoms with E-state index < -0.39 is 0 Å². The number of benzene rings is 1. The topological polar surface area (TPSA) is 44.9 Å². The highest BCUT2D eigenvalue weighted by molar-refractivity contribution is 5.99. The number of nitrogens with zero attached hydrogens (tertiary/aromatic N) is 1. The summed E-state index contributed by atoms with van der Waals surface area (Å²) in [5.41, 5.74) is 1.59. The molecular formula is C12H16N2O2. The van der Waals surface area contributed by atoms with Crippen molar-refractivity contribution in [2.75, 3.05) is 19.0 Å². The van der Waals surface area contributed by atoms with E-state index in [0.717, 1.165) is 5.69 Å². The Morgan fingerprint density at radius 1 is 1.38 bits per heavy atom. The fourth-order valence-electron chi connectivity index (χ4n) is 1.60. The zero-order valence-corrected chi connectivity index (χ0v) is 9.73. The minimum atomic E-state index is -0.122. The van der Waals surface area contributed by atoms with E-state index in [9.17, 15) is 4.79 Å². The summed E-state index contributed by atoms with van der Waals surface area (Å²) in [5, 5.41) is 2.83. The van der Waals surface area contributed by atoms with Gasteiger partial charge in [0.25, 0.3) is 5.91 Å². The Bertz CT molecular complexity index is 404. The quantitative estimate of drug-likeness (QED) is 0.779. The van der Waals surface area contributed by atoms with Gasteiger partial charge in [0.2, 0.25) is 0 Å². The van der Waals surface area contributed by atoms with Crippen molar-refractivity contribution in [2.45, 2.75) is 19.3 Å². The molecule has 1 N–H and O–H groups in total. The number of hydrogen-bond donors (Lipinski definition) is 1. The van der Waals surface area contributed by atoms with Gasteiger partial charge < -0.3 is 15.0 Å². The van der Waals surface area contributed by atoms with Crippen LogP contribution in [-0.4, -0.2) is 32.3 Å². The van der Waals surface area contributed by atoms with Crippen molar-refractivity contribution in [3.63, 3.8) is 0 Å². The Kier molecular flexibility index (Phi) is 2.83. The molecule has 0 spiro atoms. The first-order chi connectivity index (χ1) is 7.59. The summed E-state index contributed by atoms with van der Waals surface area (Å²) in [6, 6.07) is 7.52. The molecule has 2 atom stereocenters. The van der Waals surface area contributed by atoms with Crippen molar-refractivity contribution in [3.05, 3.63) is 29.8 Å². The lowest BCUT2D eigenvalue weighted by atomic mass is 10.1. The number of amides is 1. The molecule has 0 radical (unpaired) electrons. The molecule has 2 rings (SSSR count). The van der Waals surface area contributed by atoms with Gasteiger partial charge in [-0.05, 0) is 19.1 Å². The highest BCUT2D eigenvalue weighted by Crippen LogP contribution is 2.21. The molecule has 0 aliphatic carbocycles. The van der Waals surface area contributed by atoms with E-state index >= 15 is 0 Å². The van der Waals surface area contributed by atoms with Gasteiger partial charge in [-0.3, -0.25) is 4.79 Å². The van der Waals surface area contributed by atoms with Crippen LogP contribution in [0.3, 0.4) is 0 Å². The van der Waals surface area contributed by atoms with Crippen LogP contribution in [0.4, 0.5) is 5.69 Å². The van der Waals surface area contributed by atoms with E-state index in [0.29, 0.717) is 5.56 Å². The summed E-state index contributed by atoms with van der Waals surface area (Å²) in [5.74, 6) is -0.0846. The molecule has 1 heterocycles. The molecule has 86 valence electrons. The van der Waals surface area contributed by atoms with Crippen molar-refractivity contribution < 1.29 is 9.53 Å². The lowest BCUT2D eigenvalue weighted by molar-refractivity contribution is 0.0935. The molecule has 1 saturated heterocycles. The SMILES string of the molecule is CC1OC1NC(=O)c1ccccc1N(C)C. The van der Waals surface area contributed by atoms with Crippen LogP contribution in [-0.2, 0) is 4.74 Å². The van der Waals surface area contributed by atoms with Crippen LogP contribution in [0.2, 0.25) is 0 Å². The van der Waals surface area contributed by atoms with Crippen LogP contribution < -0.4 is 10.2 Å². The monoisotopic (exact) mass is 220 g/mol. The fourth-order valence-corrected chi connectivity index (χ4v) is 1.60. The third-order valence-corrected chi connectivity index (χ3v) is 2.61. The van der Waals surface area contributed by atoms with E-state index in [1.54, 1.807) is 0 Å². The number of ether oxygens (including phenoxy) is 1. The standard InChI is InChI=1S/C12H16N2O2/c1-8-12(16-8)13-11(15)9-6-4-5-7-10(9)14(2)3/h4-8,12H,1-3H3,(H,13,15). The average molecular weight is 220 g/mol. The first kappa shape index (κ1) is 11.0. The van der Waals surface area contributed by atoms with Crippen molar-refractivity contribution >= 4 is 11.6 Å². The van der Waals surface area contributed by atoms with Crippen LogP contribution in [0, 0.1) is 0 Å². The highest BCUT2D eigenvalue weighted by Gasteiger charge is 2.36. The molecule has 16 heavy (non-hydrogen) atoms. The van der Waals surface area contributed by atoms with Gasteiger partial charge in [-0.25, -0.2) is 0 Å². The Morgan fingerprint density at radius 2 is 2.00 bits per heavy atom. The first-order valence-corrected chi connectivity index (χ1v) is 5.32. The number of anilines is 1. The summed E-state index contributed by atoms with van der Waals surface area (Å²) in [6.45, 7) is 1.93. The van der Waals surface area contributed by atoms with Gasteiger partial charge in [0.05, 0.1) is 5.56 Å². The Hall–Kier alpha value is -1.55. The molecule has 2 unspecified atom stereocenters. The minimum absolute atomic E-state index is 0.0846. The van der Waals surface area contributed by atoms with Gasteiger partial charge in [0.15, 0.2) is 6.23 Å². The van der Waals surface area contributed by atoms with Crippen LogP contribution in [0.5, 0.6) is 0 Å². The Balaban J connectivity index is 2.15. The number of carbonyl (C=O) groups excluding carboxylic acids is 1. The largest absolute Gasteiger partial charge is 0.377 e. The summed E-state index contributed by atoms with van der Waals surface area (Å²) in [6.07, 6.45) is 0.0122. The first-order valence-electron chi connectivity index (χ1n) is 5.32. The Labute approximate surface area is 95.2 Å². The van der Waals surface area contributed by atoms with Crippen LogP contribution in [0.25, 0.3) is 0 Å². The lowest BCUT2D eigenvalue weighted by Gasteiger charge is -2.16. The van der Waals surface area contributed by atoms with Gasteiger partial charge in [0, 0.05) is 19.8 Å². The minimum Gasteiger partial charge on any atom is -0.377 e. The third-order valence-electron chi connectivity index (χ3n) is 2.61. The normalized spacial score (nSPS) is 22.7. The van der Waals surface area contributed by atoms with E-state index in [1.807, 2.05) is 50.2 Å². The smallest absolute Gasteiger partial charge is 0.255 e. The van der Waals surface area contributed by atoms with Gasteiger partial charge in [-0.2, -0.15) is 0 Å². The second kappa shape index (κ2) is 4.14. The van der Waals surface area contributed by atoms with E-state index in [1.165, 1.54) is 0 Å². The predicted molar refractivity (Wildman–Crippen MR) is 62.6 cm³/mol. The molecule has 0 bridgehead atoms. The van der Waals surface area contributed by atoms with Crippen LogP contribution in [0.15, 0.2) is 24.3 Å². The second-order valence-electron chi connectivity index (χ2n) is 4.15. The zero-order valence-electron chi connectivity index (χ0n) is 9.73. The summed E-state index contributed by atoms with van der Waals surface area (Å²) >= 11 is 0. The van der Waals surface area contributed by atoms with E-state index in [4.69, 9.17) is 4.74 Å². The number of carbonyl (C=O) groups is 1. The zero-order chi connectivity index (χ0) is 11.7. The average Bonchev–Trinajstić information content (AvgIpc) is 2.94.